The van der Waals surface area contributed by atoms with Gasteiger partial charge in [-0.05, 0) is 33.3 Å². The summed E-state index contributed by atoms with van der Waals surface area (Å²) in [4.78, 5) is 15.5. The smallest absolute Gasteiger partial charge is 0.407 e. The first-order valence-electron chi connectivity index (χ1n) is 6.59. The van der Waals surface area contributed by atoms with Gasteiger partial charge >= 0.3 is 6.09 Å². The minimum Gasteiger partial charge on any atom is -0.444 e. The number of hydrogen-bond donors (Lipinski definition) is 2. The average molecular weight is 311 g/mol. The van der Waals surface area contributed by atoms with Crippen LogP contribution in [0.1, 0.15) is 32.8 Å². The first-order chi connectivity index (χ1) is 9.83. The van der Waals surface area contributed by atoms with Crippen LogP contribution >= 0.6 is 11.6 Å². The third-order valence-electron chi connectivity index (χ3n) is 2.32. The number of alkyl carbamates (subject to hydrolysis) is 1. The number of rotatable bonds is 5. The van der Waals surface area contributed by atoms with Crippen LogP contribution < -0.4 is 10.6 Å². The van der Waals surface area contributed by atoms with Gasteiger partial charge in [0.05, 0.1) is 5.56 Å². The van der Waals surface area contributed by atoms with Crippen molar-refractivity contribution in [3.8, 4) is 6.07 Å². The maximum Gasteiger partial charge on any atom is 0.407 e. The lowest BCUT2D eigenvalue weighted by atomic mass is 10.2. The molecule has 114 valence electrons. The number of carbonyl (C=O) groups excluding carboxylic acids is 1. The molecule has 0 saturated heterocycles. The van der Waals surface area contributed by atoms with E-state index >= 15 is 0 Å². The zero-order chi connectivity index (χ0) is 15.9. The summed E-state index contributed by atoms with van der Waals surface area (Å²) in [5.74, 6) is 0.466. The third kappa shape index (κ3) is 6.32. The lowest BCUT2D eigenvalue weighted by Crippen LogP contribution is -2.33. The fourth-order valence-electron chi connectivity index (χ4n) is 1.45. The first-order valence-corrected chi connectivity index (χ1v) is 6.96. The van der Waals surface area contributed by atoms with Crippen LogP contribution in [0.15, 0.2) is 12.3 Å². The summed E-state index contributed by atoms with van der Waals surface area (Å²) < 4.78 is 5.11. The van der Waals surface area contributed by atoms with Gasteiger partial charge in [-0.15, -0.1) is 0 Å². The van der Waals surface area contributed by atoms with Crippen molar-refractivity contribution in [3.63, 3.8) is 0 Å². The Morgan fingerprint density at radius 2 is 2.19 bits per heavy atom. The number of nitriles is 1. The average Bonchev–Trinajstić information content (AvgIpc) is 2.38. The highest BCUT2D eigenvalue weighted by Crippen LogP contribution is 2.22. The molecule has 1 aromatic rings. The molecule has 0 atom stereocenters. The summed E-state index contributed by atoms with van der Waals surface area (Å²) in [5, 5.41) is 14.8. The Morgan fingerprint density at radius 3 is 2.81 bits per heavy atom. The molecule has 0 aliphatic rings. The molecular weight excluding hydrogens is 292 g/mol. The molecule has 0 aliphatic carbocycles. The molecule has 1 amide bonds. The maximum absolute atomic E-state index is 11.4. The highest BCUT2D eigenvalue weighted by molar-refractivity contribution is 6.34. The topological polar surface area (TPSA) is 87.0 Å². The molecule has 1 aromatic heterocycles. The number of pyridine rings is 1. The van der Waals surface area contributed by atoms with Crippen LogP contribution in [0.3, 0.4) is 0 Å². The standard InChI is InChI=1S/C14H19ClN4O2/c1-14(2,3)21-13(20)19-7-4-6-17-12-11(15)10(9-16)5-8-18-12/h5,8H,4,6-7H2,1-3H3,(H,17,18)(H,19,20). The molecular formula is C14H19ClN4O2. The molecule has 21 heavy (non-hydrogen) atoms. The normalized spacial score (nSPS) is 10.6. The Bertz CT molecular complexity index is 535. The zero-order valence-corrected chi connectivity index (χ0v) is 13.1. The molecule has 6 nitrogen and oxygen atoms in total. The number of nitrogens with zero attached hydrogens (tertiary/aromatic N) is 2. The summed E-state index contributed by atoms with van der Waals surface area (Å²) in [5.41, 5.74) is -0.126. The van der Waals surface area contributed by atoms with Gasteiger partial charge in [0.1, 0.15) is 22.5 Å². The molecule has 2 N–H and O–H groups in total. The summed E-state index contributed by atoms with van der Waals surface area (Å²) in [6.45, 7) is 6.47. The Hall–Kier alpha value is -2.00. The van der Waals surface area contributed by atoms with Gasteiger partial charge in [0.2, 0.25) is 0 Å². The fourth-order valence-corrected chi connectivity index (χ4v) is 1.67. The number of hydrogen-bond acceptors (Lipinski definition) is 5. The number of anilines is 1. The molecule has 1 heterocycles. The van der Waals surface area contributed by atoms with Crippen molar-refractivity contribution in [2.75, 3.05) is 18.4 Å². The lowest BCUT2D eigenvalue weighted by Gasteiger charge is -2.19. The van der Waals surface area contributed by atoms with Crippen LogP contribution in [0.5, 0.6) is 0 Å². The molecule has 1 rings (SSSR count). The monoisotopic (exact) mass is 310 g/mol. The predicted octanol–water partition coefficient (Wildman–Crippen LogP) is 2.93. The molecule has 0 unspecified atom stereocenters. The van der Waals surface area contributed by atoms with Gasteiger partial charge < -0.3 is 15.4 Å². The van der Waals surface area contributed by atoms with Crippen molar-refractivity contribution < 1.29 is 9.53 Å². The van der Waals surface area contributed by atoms with Crippen LogP contribution in [0.2, 0.25) is 5.02 Å². The van der Waals surface area contributed by atoms with Crippen molar-refractivity contribution >= 4 is 23.5 Å². The van der Waals surface area contributed by atoms with Crippen molar-refractivity contribution in [2.45, 2.75) is 32.8 Å². The minimum atomic E-state index is -0.502. The highest BCUT2D eigenvalue weighted by atomic mass is 35.5. The van der Waals surface area contributed by atoms with E-state index in [9.17, 15) is 4.79 Å². The van der Waals surface area contributed by atoms with E-state index < -0.39 is 11.7 Å². The van der Waals surface area contributed by atoms with Crippen molar-refractivity contribution in [2.24, 2.45) is 0 Å². The molecule has 0 fully saturated rings. The van der Waals surface area contributed by atoms with Crippen LogP contribution in [0.4, 0.5) is 10.6 Å². The second-order valence-corrected chi connectivity index (χ2v) is 5.72. The van der Waals surface area contributed by atoms with E-state index in [0.717, 1.165) is 0 Å². The van der Waals surface area contributed by atoms with Crippen molar-refractivity contribution in [1.29, 1.82) is 5.26 Å². The van der Waals surface area contributed by atoms with E-state index in [-0.39, 0.29) is 0 Å². The molecule has 7 heteroatoms. The highest BCUT2D eigenvalue weighted by Gasteiger charge is 2.15. The molecule has 0 spiro atoms. The van der Waals surface area contributed by atoms with Gasteiger partial charge in [0.25, 0.3) is 0 Å². The largest absolute Gasteiger partial charge is 0.444 e. The second-order valence-electron chi connectivity index (χ2n) is 5.34. The number of halogens is 1. The van der Waals surface area contributed by atoms with E-state index in [1.54, 1.807) is 6.07 Å². The van der Waals surface area contributed by atoms with E-state index in [2.05, 4.69) is 15.6 Å². The number of carbonyl (C=O) groups is 1. The summed E-state index contributed by atoms with van der Waals surface area (Å²) >= 11 is 6.01. The minimum absolute atomic E-state index is 0.306. The van der Waals surface area contributed by atoms with Gasteiger partial charge in [-0.1, -0.05) is 11.6 Å². The van der Waals surface area contributed by atoms with Crippen molar-refractivity contribution in [3.05, 3.63) is 22.8 Å². The predicted molar refractivity (Wildman–Crippen MR) is 81.3 cm³/mol. The van der Waals surface area contributed by atoms with Crippen LogP contribution in [0, 0.1) is 11.3 Å². The van der Waals surface area contributed by atoms with E-state index in [4.69, 9.17) is 21.6 Å². The van der Waals surface area contributed by atoms with Gasteiger partial charge in [0.15, 0.2) is 0 Å². The van der Waals surface area contributed by atoms with E-state index in [1.165, 1.54) is 6.20 Å². The Morgan fingerprint density at radius 1 is 1.48 bits per heavy atom. The van der Waals surface area contributed by atoms with Crippen LogP contribution in [-0.4, -0.2) is 29.8 Å². The summed E-state index contributed by atoms with van der Waals surface area (Å²) in [6, 6.07) is 3.54. The molecule has 0 aromatic carbocycles. The summed E-state index contributed by atoms with van der Waals surface area (Å²) in [7, 11) is 0. The van der Waals surface area contributed by atoms with E-state index in [1.807, 2.05) is 26.8 Å². The first kappa shape index (κ1) is 17.1. The van der Waals surface area contributed by atoms with Gasteiger partial charge in [0, 0.05) is 19.3 Å². The van der Waals surface area contributed by atoms with E-state index in [0.29, 0.717) is 35.9 Å². The SMILES string of the molecule is CC(C)(C)OC(=O)NCCCNc1nccc(C#N)c1Cl. The number of ether oxygens (including phenoxy) is 1. The summed E-state index contributed by atoms with van der Waals surface area (Å²) in [6.07, 6.45) is 1.75. The number of aromatic nitrogens is 1. The molecule has 0 radical (unpaired) electrons. The van der Waals surface area contributed by atoms with Crippen LogP contribution in [0.25, 0.3) is 0 Å². The molecule has 0 aliphatic heterocycles. The van der Waals surface area contributed by atoms with Gasteiger partial charge in [-0.2, -0.15) is 5.26 Å². The Labute approximate surface area is 129 Å². The Kier molecular flexibility index (Phi) is 6.25. The quantitative estimate of drug-likeness (QED) is 0.816. The molecule has 0 saturated carbocycles. The van der Waals surface area contributed by atoms with Gasteiger partial charge in [-0.25, -0.2) is 9.78 Å². The number of nitrogens with one attached hydrogen (secondary N) is 2. The Balaban J connectivity index is 2.30. The fraction of sp³-hybridized carbons (Fsp3) is 0.500. The van der Waals surface area contributed by atoms with Gasteiger partial charge in [-0.3, -0.25) is 0 Å². The maximum atomic E-state index is 11.4. The number of amides is 1. The third-order valence-corrected chi connectivity index (χ3v) is 2.71. The van der Waals surface area contributed by atoms with Crippen LogP contribution in [-0.2, 0) is 4.74 Å². The lowest BCUT2D eigenvalue weighted by molar-refractivity contribution is 0.0528. The molecule has 0 bridgehead atoms. The van der Waals surface area contributed by atoms with Crippen molar-refractivity contribution in [1.82, 2.24) is 10.3 Å². The zero-order valence-electron chi connectivity index (χ0n) is 12.4. The second kappa shape index (κ2) is 7.70.